The van der Waals surface area contributed by atoms with E-state index in [1.165, 1.54) is 0 Å². The summed E-state index contributed by atoms with van der Waals surface area (Å²) in [6, 6.07) is 0.266. The van der Waals surface area contributed by atoms with Gasteiger partial charge in [-0.15, -0.1) is 0 Å². The third-order valence-corrected chi connectivity index (χ3v) is 4.59. The van der Waals surface area contributed by atoms with Gasteiger partial charge in [-0.05, 0) is 19.3 Å². The molecule has 1 heterocycles. The highest BCUT2D eigenvalue weighted by Crippen LogP contribution is 2.26. The van der Waals surface area contributed by atoms with E-state index in [1.54, 1.807) is 0 Å². The second-order valence-corrected chi connectivity index (χ2v) is 6.20. The molecule has 0 amide bonds. The van der Waals surface area contributed by atoms with E-state index in [4.69, 9.17) is 4.74 Å². The molecule has 1 saturated heterocycles. The van der Waals surface area contributed by atoms with Gasteiger partial charge >= 0.3 is 0 Å². The molecule has 1 aliphatic rings. The molecular weight excluding hydrogens is 274 g/mol. The van der Waals surface area contributed by atoms with Crippen molar-refractivity contribution in [2.45, 2.75) is 83.2 Å². The van der Waals surface area contributed by atoms with Crippen LogP contribution in [0, 0.1) is 5.92 Å². The van der Waals surface area contributed by atoms with Crippen LogP contribution in [0.3, 0.4) is 0 Å². The fourth-order valence-electron chi connectivity index (χ4n) is 2.46. The highest BCUT2D eigenvalue weighted by atomic mass is 16.5. The van der Waals surface area contributed by atoms with Crippen molar-refractivity contribution >= 4 is 0 Å². The van der Waals surface area contributed by atoms with Crippen molar-refractivity contribution in [3.05, 3.63) is 0 Å². The lowest BCUT2D eigenvalue weighted by Crippen LogP contribution is -2.63. The first kappa shape index (κ1) is 18.8. The Morgan fingerprint density at radius 2 is 1.62 bits per heavy atom. The van der Waals surface area contributed by atoms with Gasteiger partial charge in [0, 0.05) is 12.6 Å². The molecule has 1 fully saturated rings. The molecule has 0 saturated carbocycles. The Balaban J connectivity index is 2.73. The van der Waals surface area contributed by atoms with E-state index in [1.807, 2.05) is 27.7 Å². The maximum atomic E-state index is 10.3. The molecule has 0 aromatic rings. The molecule has 0 radical (unpaired) electrons. The Hall–Kier alpha value is -0.240. The van der Waals surface area contributed by atoms with Crippen molar-refractivity contribution in [1.29, 1.82) is 0 Å². The molecule has 7 unspecified atom stereocenters. The van der Waals surface area contributed by atoms with Crippen LogP contribution in [0.2, 0.25) is 0 Å². The monoisotopic (exact) mass is 305 g/mol. The molecule has 126 valence electrons. The summed E-state index contributed by atoms with van der Waals surface area (Å²) in [6.45, 7) is 8.24. The lowest BCUT2D eigenvalue weighted by Gasteiger charge is -2.43. The molecule has 5 N–H and O–H groups in total. The topological polar surface area (TPSA) is 102 Å². The first-order chi connectivity index (χ1) is 9.83. The highest BCUT2D eigenvalue weighted by Gasteiger charge is 2.46. The van der Waals surface area contributed by atoms with E-state index in [9.17, 15) is 20.4 Å². The Labute approximate surface area is 127 Å². The van der Waals surface area contributed by atoms with Crippen LogP contribution in [0.5, 0.6) is 0 Å². The summed E-state index contributed by atoms with van der Waals surface area (Å²) in [5.41, 5.74) is 0. The van der Waals surface area contributed by atoms with Crippen molar-refractivity contribution in [2.75, 3.05) is 6.54 Å². The minimum atomic E-state index is -1.31. The minimum Gasteiger partial charge on any atom is -0.390 e. The van der Waals surface area contributed by atoms with Crippen molar-refractivity contribution in [3.8, 4) is 0 Å². The lowest BCUT2D eigenvalue weighted by atomic mass is 9.87. The van der Waals surface area contributed by atoms with Gasteiger partial charge in [-0.3, -0.25) is 0 Å². The SMILES string of the molecule is CCC(C)NCC1O[C@@H](C(O)C(C)CC)C(O)C(O)C1O. The van der Waals surface area contributed by atoms with Crippen molar-refractivity contribution in [1.82, 2.24) is 5.32 Å². The zero-order valence-electron chi connectivity index (χ0n) is 13.4. The van der Waals surface area contributed by atoms with Crippen LogP contribution in [0.15, 0.2) is 0 Å². The van der Waals surface area contributed by atoms with Crippen LogP contribution in [0.25, 0.3) is 0 Å². The van der Waals surface area contributed by atoms with Gasteiger partial charge in [0.1, 0.15) is 24.4 Å². The number of aliphatic hydroxyl groups is 4. The molecule has 0 spiro atoms. The van der Waals surface area contributed by atoms with E-state index in [0.29, 0.717) is 6.54 Å². The standard InChI is InChI=1S/C15H31NO5/c1-5-8(3)11(17)15-14(20)13(19)12(18)10(21-15)7-16-9(4)6-2/h8-20H,5-7H2,1-4H3/t8?,9?,10?,11?,12?,13?,14?,15-/m0/s1. The highest BCUT2D eigenvalue weighted by molar-refractivity contribution is 4.96. The summed E-state index contributed by atoms with van der Waals surface area (Å²) in [5, 5.41) is 43.5. The fourth-order valence-corrected chi connectivity index (χ4v) is 2.46. The number of hydrogen-bond acceptors (Lipinski definition) is 6. The van der Waals surface area contributed by atoms with Gasteiger partial charge < -0.3 is 30.5 Å². The summed E-state index contributed by atoms with van der Waals surface area (Å²) in [7, 11) is 0. The first-order valence-electron chi connectivity index (χ1n) is 7.94. The number of aliphatic hydroxyl groups excluding tert-OH is 4. The number of nitrogens with one attached hydrogen (secondary N) is 1. The van der Waals surface area contributed by atoms with Crippen molar-refractivity contribution < 1.29 is 25.2 Å². The summed E-state index contributed by atoms with van der Waals surface area (Å²) >= 11 is 0. The van der Waals surface area contributed by atoms with Crippen LogP contribution in [-0.4, -0.2) is 69.6 Å². The molecule has 6 nitrogen and oxygen atoms in total. The molecule has 8 atom stereocenters. The molecule has 1 aliphatic heterocycles. The predicted octanol–water partition coefficient (Wildman–Crippen LogP) is -0.368. The first-order valence-corrected chi connectivity index (χ1v) is 7.94. The maximum absolute atomic E-state index is 10.3. The number of ether oxygens (including phenoxy) is 1. The predicted molar refractivity (Wildman–Crippen MR) is 79.9 cm³/mol. The van der Waals surface area contributed by atoms with Gasteiger partial charge in [0.2, 0.25) is 0 Å². The van der Waals surface area contributed by atoms with Gasteiger partial charge in [0.15, 0.2) is 0 Å². The molecule has 0 aliphatic carbocycles. The summed E-state index contributed by atoms with van der Waals surface area (Å²) in [5.74, 6) is -0.0599. The van der Waals surface area contributed by atoms with Gasteiger partial charge in [0.25, 0.3) is 0 Å². The summed E-state index contributed by atoms with van der Waals surface area (Å²) in [6.07, 6.45) is -4.51. The van der Waals surface area contributed by atoms with E-state index < -0.39 is 36.6 Å². The largest absolute Gasteiger partial charge is 0.390 e. The fraction of sp³-hybridized carbons (Fsp3) is 1.00. The number of rotatable bonds is 7. The third-order valence-electron chi connectivity index (χ3n) is 4.59. The van der Waals surface area contributed by atoms with Crippen LogP contribution < -0.4 is 5.32 Å². The average Bonchev–Trinajstić information content (AvgIpc) is 2.50. The maximum Gasteiger partial charge on any atom is 0.113 e. The summed E-state index contributed by atoms with van der Waals surface area (Å²) < 4.78 is 5.69. The molecule has 0 bridgehead atoms. The lowest BCUT2D eigenvalue weighted by molar-refractivity contribution is -0.246. The van der Waals surface area contributed by atoms with Crippen molar-refractivity contribution in [2.24, 2.45) is 5.92 Å². The summed E-state index contributed by atoms with van der Waals surface area (Å²) in [4.78, 5) is 0. The van der Waals surface area contributed by atoms with Crippen LogP contribution in [0.1, 0.15) is 40.5 Å². The molecule has 0 aromatic carbocycles. The Bertz CT molecular complexity index is 300. The molecule has 0 aromatic heterocycles. The van der Waals surface area contributed by atoms with Gasteiger partial charge in [-0.1, -0.05) is 27.2 Å². The van der Waals surface area contributed by atoms with E-state index >= 15 is 0 Å². The van der Waals surface area contributed by atoms with Gasteiger partial charge in [0.05, 0.1) is 12.2 Å². The Morgan fingerprint density at radius 1 is 1.00 bits per heavy atom. The van der Waals surface area contributed by atoms with Crippen LogP contribution >= 0.6 is 0 Å². The quantitative estimate of drug-likeness (QED) is 0.440. The third kappa shape index (κ3) is 4.61. The van der Waals surface area contributed by atoms with E-state index in [2.05, 4.69) is 5.32 Å². The molecule has 6 heteroatoms. The van der Waals surface area contributed by atoms with E-state index in [0.717, 1.165) is 12.8 Å². The van der Waals surface area contributed by atoms with Gasteiger partial charge in [-0.25, -0.2) is 0 Å². The minimum absolute atomic E-state index is 0.0599. The Kier molecular flexibility index (Phi) is 7.53. The molecular formula is C15H31NO5. The van der Waals surface area contributed by atoms with Crippen molar-refractivity contribution in [3.63, 3.8) is 0 Å². The Morgan fingerprint density at radius 3 is 2.14 bits per heavy atom. The second-order valence-electron chi connectivity index (χ2n) is 6.20. The normalized spacial score (nSPS) is 38.0. The zero-order chi connectivity index (χ0) is 16.2. The molecule has 21 heavy (non-hydrogen) atoms. The average molecular weight is 305 g/mol. The van der Waals surface area contributed by atoms with Crippen LogP contribution in [0.4, 0.5) is 0 Å². The smallest absolute Gasteiger partial charge is 0.113 e. The zero-order valence-corrected chi connectivity index (χ0v) is 13.4. The second kappa shape index (κ2) is 8.41. The van der Waals surface area contributed by atoms with Crippen LogP contribution in [-0.2, 0) is 4.74 Å². The molecule has 1 rings (SSSR count). The van der Waals surface area contributed by atoms with E-state index in [-0.39, 0.29) is 12.0 Å². The van der Waals surface area contributed by atoms with Gasteiger partial charge in [-0.2, -0.15) is 0 Å². The number of hydrogen-bond donors (Lipinski definition) is 5.